The molecule has 2 aromatic rings. The molecule has 1 aliphatic heterocycles. The molecule has 27 heavy (non-hydrogen) atoms. The Kier molecular flexibility index (Phi) is 7.70. The minimum Gasteiger partial charge on any atom is -0.375 e. The second-order valence-electron chi connectivity index (χ2n) is 6.83. The van der Waals surface area contributed by atoms with Gasteiger partial charge in [-0.3, -0.25) is 9.69 Å². The number of halogens is 1. The van der Waals surface area contributed by atoms with E-state index in [1.807, 2.05) is 6.07 Å². The van der Waals surface area contributed by atoms with E-state index in [2.05, 4.69) is 69.0 Å². The van der Waals surface area contributed by atoms with Gasteiger partial charge in [-0.25, -0.2) is 0 Å². The molecule has 0 aliphatic carbocycles. The molecule has 1 aliphatic rings. The maximum atomic E-state index is 12.5. The molecule has 1 amide bonds. The number of fused-ring (bicyclic) bond motifs is 1. The third-order valence-electron chi connectivity index (χ3n) is 5.11. The Morgan fingerprint density at radius 1 is 1.44 bits per heavy atom. The van der Waals surface area contributed by atoms with Gasteiger partial charge in [-0.1, -0.05) is 59.4 Å². The lowest BCUT2D eigenvalue weighted by atomic mass is 10.0. The van der Waals surface area contributed by atoms with Crippen LogP contribution in [0.3, 0.4) is 0 Å². The second-order valence-corrected chi connectivity index (χ2v) is 8.75. The highest BCUT2D eigenvalue weighted by Gasteiger charge is 2.24. The van der Waals surface area contributed by atoms with E-state index in [1.165, 1.54) is 16.5 Å². The van der Waals surface area contributed by atoms with E-state index in [4.69, 9.17) is 4.89 Å². The first-order valence-electron chi connectivity index (χ1n) is 9.42. The molecule has 1 aromatic carbocycles. The molecule has 5 nitrogen and oxygen atoms in total. The number of aromatic amines is 1. The third-order valence-corrected chi connectivity index (χ3v) is 6.63. The van der Waals surface area contributed by atoms with E-state index >= 15 is 0 Å². The Morgan fingerprint density at radius 2 is 2.26 bits per heavy atom. The van der Waals surface area contributed by atoms with E-state index in [0.717, 1.165) is 50.1 Å². The molecule has 0 saturated carbocycles. The molecule has 146 valence electrons. The first kappa shape index (κ1) is 20.8. The lowest BCUT2D eigenvalue weighted by molar-refractivity contribution is -0.120. The summed E-state index contributed by atoms with van der Waals surface area (Å²) in [4.78, 5) is 27.4. The zero-order chi connectivity index (χ0) is 19.2. The van der Waals surface area contributed by atoms with Crippen molar-refractivity contribution in [3.8, 4) is 0 Å². The fourth-order valence-electron chi connectivity index (χ4n) is 3.65. The summed E-state index contributed by atoms with van der Waals surface area (Å²) in [6.45, 7) is 5.38. The van der Waals surface area contributed by atoms with Gasteiger partial charge in [0, 0.05) is 45.0 Å². The van der Waals surface area contributed by atoms with Gasteiger partial charge in [-0.15, -0.1) is 0 Å². The standard InChI is InChI=1S/C20H27IN3O2P/c1-2-14-6-5-10-24(12-14)11-9-16-15-7-3-4-8-17(15)23-19(16)18(21)20(25)22-13-27-26/h3-4,6-8,18,23,26-27H,2,5,9-13H2,1H3,(H,22,25)/t18-/m0/s1. The number of benzene rings is 1. The Balaban J connectivity index is 1.80. The van der Waals surface area contributed by atoms with Crippen molar-refractivity contribution in [2.75, 3.05) is 25.9 Å². The fourth-order valence-corrected chi connectivity index (χ4v) is 4.66. The van der Waals surface area contributed by atoms with Crippen molar-refractivity contribution in [1.82, 2.24) is 15.2 Å². The predicted molar refractivity (Wildman–Crippen MR) is 122 cm³/mol. The maximum absolute atomic E-state index is 12.5. The van der Waals surface area contributed by atoms with Crippen molar-refractivity contribution < 1.29 is 9.69 Å². The summed E-state index contributed by atoms with van der Waals surface area (Å²) in [7, 11) is -0.268. The summed E-state index contributed by atoms with van der Waals surface area (Å²) < 4.78 is -0.297. The lowest BCUT2D eigenvalue weighted by Crippen LogP contribution is -2.32. The number of hydrogen-bond acceptors (Lipinski definition) is 3. The third kappa shape index (κ3) is 5.11. The van der Waals surface area contributed by atoms with Crippen LogP contribution >= 0.6 is 31.4 Å². The number of nitrogens with zero attached hydrogens (tertiary/aromatic N) is 1. The SMILES string of the molecule is CCC1=CCCN(CCc2c([C@H](I)C(=O)NCPO)[nH]c3ccccc23)C1. The molecule has 3 N–H and O–H groups in total. The highest BCUT2D eigenvalue weighted by molar-refractivity contribution is 14.1. The lowest BCUT2D eigenvalue weighted by Gasteiger charge is -2.27. The van der Waals surface area contributed by atoms with E-state index in [9.17, 15) is 4.79 Å². The summed E-state index contributed by atoms with van der Waals surface area (Å²) in [5.41, 5.74) is 4.82. The number of H-pyrrole nitrogens is 1. The van der Waals surface area contributed by atoms with Crippen LogP contribution < -0.4 is 5.32 Å². The number of alkyl halides is 1. The Morgan fingerprint density at radius 3 is 3.04 bits per heavy atom. The Hall–Kier alpha value is -0.950. The van der Waals surface area contributed by atoms with Crippen LogP contribution in [0, 0.1) is 0 Å². The number of hydrogen-bond donors (Lipinski definition) is 3. The van der Waals surface area contributed by atoms with Crippen LogP contribution in [0.15, 0.2) is 35.9 Å². The van der Waals surface area contributed by atoms with Crippen molar-refractivity contribution in [1.29, 1.82) is 0 Å². The van der Waals surface area contributed by atoms with Crippen LogP contribution in [0.5, 0.6) is 0 Å². The molecule has 0 saturated heterocycles. The first-order valence-corrected chi connectivity index (χ1v) is 11.8. The average Bonchev–Trinajstić information content (AvgIpc) is 3.08. The van der Waals surface area contributed by atoms with Gasteiger partial charge in [0.25, 0.3) is 0 Å². The zero-order valence-electron chi connectivity index (χ0n) is 15.6. The first-order chi connectivity index (χ1) is 13.1. The van der Waals surface area contributed by atoms with Crippen molar-refractivity contribution in [3.63, 3.8) is 0 Å². The number of amides is 1. The van der Waals surface area contributed by atoms with E-state index < -0.39 is 0 Å². The molecule has 0 radical (unpaired) electrons. The highest BCUT2D eigenvalue weighted by Crippen LogP contribution is 2.32. The monoisotopic (exact) mass is 499 g/mol. The van der Waals surface area contributed by atoms with Gasteiger partial charge in [0.2, 0.25) is 5.91 Å². The quantitative estimate of drug-likeness (QED) is 0.224. The normalized spacial score (nSPS) is 16.8. The summed E-state index contributed by atoms with van der Waals surface area (Å²) in [6.07, 6.45) is 5.86. The summed E-state index contributed by atoms with van der Waals surface area (Å²) in [6, 6.07) is 8.27. The van der Waals surface area contributed by atoms with Gasteiger partial charge >= 0.3 is 0 Å². The van der Waals surface area contributed by atoms with Crippen molar-refractivity contribution >= 4 is 48.2 Å². The van der Waals surface area contributed by atoms with Crippen molar-refractivity contribution in [2.24, 2.45) is 0 Å². The molecule has 1 unspecified atom stereocenters. The molecule has 0 bridgehead atoms. The molecular formula is C20H27IN3O2P. The average molecular weight is 499 g/mol. The van der Waals surface area contributed by atoms with E-state index in [1.54, 1.807) is 0 Å². The van der Waals surface area contributed by atoms with Gasteiger partial charge in [0.15, 0.2) is 0 Å². The van der Waals surface area contributed by atoms with Gasteiger partial charge in [0.1, 0.15) is 3.92 Å². The fraction of sp³-hybridized carbons (Fsp3) is 0.450. The molecule has 0 spiro atoms. The number of rotatable bonds is 8. The summed E-state index contributed by atoms with van der Waals surface area (Å²) in [5, 5.41) is 4.00. The van der Waals surface area contributed by atoms with Gasteiger partial charge in [-0.2, -0.15) is 0 Å². The molecule has 3 rings (SSSR count). The molecule has 1 aromatic heterocycles. The number of carbonyl (C=O) groups excluding carboxylic acids is 1. The molecular weight excluding hydrogens is 472 g/mol. The Bertz CT molecular complexity index is 821. The zero-order valence-corrected chi connectivity index (χ0v) is 18.8. The minimum atomic E-state index is -0.297. The Labute approximate surface area is 176 Å². The maximum Gasteiger partial charge on any atom is 0.239 e. The van der Waals surface area contributed by atoms with Crippen molar-refractivity contribution in [2.45, 2.75) is 30.1 Å². The van der Waals surface area contributed by atoms with Gasteiger partial charge in [-0.05, 0) is 30.9 Å². The van der Waals surface area contributed by atoms with Gasteiger partial charge < -0.3 is 15.2 Å². The van der Waals surface area contributed by atoms with E-state index in [-0.39, 0.29) is 18.6 Å². The van der Waals surface area contributed by atoms with Crippen molar-refractivity contribution in [3.05, 3.63) is 47.2 Å². The minimum absolute atomic E-state index is 0.0564. The van der Waals surface area contributed by atoms with Gasteiger partial charge in [0.05, 0.1) is 6.29 Å². The van der Waals surface area contributed by atoms with Crippen LogP contribution in [0.4, 0.5) is 0 Å². The molecule has 2 atom stereocenters. The van der Waals surface area contributed by atoms with Crippen LogP contribution in [-0.4, -0.2) is 46.6 Å². The molecule has 7 heteroatoms. The smallest absolute Gasteiger partial charge is 0.239 e. The summed E-state index contributed by atoms with van der Waals surface area (Å²) in [5.74, 6) is -0.0564. The van der Waals surface area contributed by atoms with E-state index in [0.29, 0.717) is 6.29 Å². The number of nitrogens with one attached hydrogen (secondary N) is 2. The highest BCUT2D eigenvalue weighted by atomic mass is 127. The topological polar surface area (TPSA) is 68.4 Å². The number of para-hydroxylation sites is 1. The number of carbonyl (C=O) groups is 1. The van der Waals surface area contributed by atoms with Crippen LogP contribution in [0.1, 0.15) is 34.9 Å². The van der Waals surface area contributed by atoms with Crippen LogP contribution in [-0.2, 0) is 11.2 Å². The summed E-state index contributed by atoms with van der Waals surface area (Å²) >= 11 is 2.19. The number of aromatic nitrogens is 1. The second kappa shape index (κ2) is 10.0. The molecule has 2 heterocycles. The predicted octanol–water partition coefficient (Wildman–Crippen LogP) is 3.89. The largest absolute Gasteiger partial charge is 0.375 e. The van der Waals surface area contributed by atoms with Crippen LogP contribution in [0.2, 0.25) is 0 Å². The molecule has 0 fully saturated rings. The van der Waals surface area contributed by atoms with Crippen LogP contribution in [0.25, 0.3) is 10.9 Å².